The van der Waals surface area contributed by atoms with Crippen molar-refractivity contribution in [1.82, 2.24) is 24.6 Å². The van der Waals surface area contributed by atoms with Crippen LogP contribution >= 0.6 is 23.1 Å². The van der Waals surface area contributed by atoms with Crippen LogP contribution in [0, 0.1) is 13.8 Å². The highest BCUT2D eigenvalue weighted by atomic mass is 32.2. The first-order valence-electron chi connectivity index (χ1n) is 9.92. The summed E-state index contributed by atoms with van der Waals surface area (Å²) in [4.78, 5) is 19.3. The molecule has 30 heavy (non-hydrogen) atoms. The third-order valence-electron chi connectivity index (χ3n) is 4.95. The molecule has 1 aromatic carbocycles. The highest BCUT2D eigenvalue weighted by molar-refractivity contribution is 7.98. The first-order chi connectivity index (χ1) is 14.4. The SMILES string of the molecule is Cc1ccccc1-n1c(C)nnc1SCc1nc(C(=O)N2CC(C)OC(C)C2)cs1. The van der Waals surface area contributed by atoms with Gasteiger partial charge in [-0.3, -0.25) is 9.36 Å². The molecule has 1 aliphatic heterocycles. The van der Waals surface area contributed by atoms with Crippen LogP contribution in [0.15, 0.2) is 34.8 Å². The molecule has 0 aliphatic carbocycles. The van der Waals surface area contributed by atoms with Gasteiger partial charge in [-0.1, -0.05) is 30.0 Å². The van der Waals surface area contributed by atoms with Crippen molar-refractivity contribution in [3.8, 4) is 5.69 Å². The van der Waals surface area contributed by atoms with E-state index in [0.29, 0.717) is 24.5 Å². The van der Waals surface area contributed by atoms with E-state index in [0.717, 1.165) is 21.7 Å². The van der Waals surface area contributed by atoms with Gasteiger partial charge in [0.15, 0.2) is 5.16 Å². The lowest BCUT2D eigenvalue weighted by Crippen LogP contribution is -2.48. The maximum absolute atomic E-state index is 12.8. The van der Waals surface area contributed by atoms with Gasteiger partial charge >= 0.3 is 0 Å². The number of aromatic nitrogens is 4. The van der Waals surface area contributed by atoms with Crippen LogP contribution in [0.4, 0.5) is 0 Å². The number of thiazole rings is 1. The van der Waals surface area contributed by atoms with Crippen molar-refractivity contribution in [1.29, 1.82) is 0 Å². The third-order valence-corrected chi connectivity index (χ3v) is 6.93. The van der Waals surface area contributed by atoms with E-state index in [1.807, 2.05) is 43.2 Å². The summed E-state index contributed by atoms with van der Waals surface area (Å²) < 4.78 is 7.79. The molecule has 9 heteroatoms. The van der Waals surface area contributed by atoms with Gasteiger partial charge in [-0.25, -0.2) is 4.98 Å². The molecule has 3 aromatic rings. The van der Waals surface area contributed by atoms with E-state index in [2.05, 4.69) is 38.8 Å². The minimum Gasteiger partial charge on any atom is -0.372 e. The molecule has 2 atom stereocenters. The van der Waals surface area contributed by atoms with Gasteiger partial charge in [0.2, 0.25) is 0 Å². The molecule has 0 radical (unpaired) electrons. The molecule has 4 rings (SSSR count). The average Bonchev–Trinajstić information content (AvgIpc) is 3.32. The third kappa shape index (κ3) is 4.43. The van der Waals surface area contributed by atoms with Gasteiger partial charge < -0.3 is 9.64 Å². The number of morpholine rings is 1. The maximum atomic E-state index is 12.8. The Kier molecular flexibility index (Phi) is 6.21. The zero-order valence-electron chi connectivity index (χ0n) is 17.5. The number of nitrogens with zero attached hydrogens (tertiary/aromatic N) is 5. The number of thioether (sulfide) groups is 1. The zero-order valence-corrected chi connectivity index (χ0v) is 19.2. The monoisotopic (exact) mass is 443 g/mol. The van der Waals surface area contributed by atoms with Crippen molar-refractivity contribution >= 4 is 29.0 Å². The predicted molar refractivity (Wildman–Crippen MR) is 118 cm³/mol. The molecule has 0 spiro atoms. The summed E-state index contributed by atoms with van der Waals surface area (Å²) in [7, 11) is 0. The zero-order chi connectivity index (χ0) is 21.3. The van der Waals surface area contributed by atoms with Crippen LogP contribution in [-0.4, -0.2) is 55.9 Å². The van der Waals surface area contributed by atoms with Crippen molar-refractivity contribution in [2.24, 2.45) is 0 Å². The van der Waals surface area contributed by atoms with Crippen molar-refractivity contribution in [3.63, 3.8) is 0 Å². The van der Waals surface area contributed by atoms with Gasteiger partial charge in [0.1, 0.15) is 16.5 Å². The first kappa shape index (κ1) is 21.0. The lowest BCUT2D eigenvalue weighted by molar-refractivity contribution is -0.0587. The minimum absolute atomic E-state index is 0.0246. The molecule has 1 aliphatic rings. The molecule has 7 nitrogen and oxygen atoms in total. The number of para-hydroxylation sites is 1. The molecule has 1 saturated heterocycles. The summed E-state index contributed by atoms with van der Waals surface area (Å²) in [6, 6.07) is 8.19. The van der Waals surface area contributed by atoms with E-state index in [4.69, 9.17) is 4.74 Å². The fraction of sp³-hybridized carbons (Fsp3) is 0.429. The number of carbonyl (C=O) groups excluding carboxylic acids is 1. The lowest BCUT2D eigenvalue weighted by atomic mass is 10.2. The van der Waals surface area contributed by atoms with Gasteiger partial charge in [-0.15, -0.1) is 21.5 Å². The van der Waals surface area contributed by atoms with Crippen LogP contribution in [-0.2, 0) is 10.5 Å². The second kappa shape index (κ2) is 8.87. The summed E-state index contributed by atoms with van der Waals surface area (Å²) in [6.07, 6.45) is 0.0878. The number of amides is 1. The van der Waals surface area contributed by atoms with Crippen molar-refractivity contribution in [2.75, 3.05) is 13.1 Å². The second-order valence-corrected chi connectivity index (χ2v) is 9.42. The number of hydrogen-bond acceptors (Lipinski definition) is 7. The number of rotatable bonds is 5. The number of ether oxygens (including phenoxy) is 1. The molecule has 3 heterocycles. The largest absolute Gasteiger partial charge is 0.372 e. The summed E-state index contributed by atoms with van der Waals surface area (Å²) in [5, 5.41) is 12.2. The van der Waals surface area contributed by atoms with Crippen LogP contribution < -0.4 is 0 Å². The fourth-order valence-corrected chi connectivity index (χ4v) is 5.41. The van der Waals surface area contributed by atoms with Crippen LogP contribution in [0.25, 0.3) is 5.69 Å². The van der Waals surface area contributed by atoms with E-state index in [-0.39, 0.29) is 18.1 Å². The highest BCUT2D eigenvalue weighted by Crippen LogP contribution is 2.28. The van der Waals surface area contributed by atoms with Crippen LogP contribution in [0.2, 0.25) is 0 Å². The van der Waals surface area contributed by atoms with Crippen LogP contribution in [0.1, 0.15) is 40.7 Å². The average molecular weight is 444 g/mol. The Labute approximate surface area is 184 Å². The predicted octanol–water partition coefficient (Wildman–Crippen LogP) is 3.88. The number of benzene rings is 1. The van der Waals surface area contributed by atoms with E-state index in [9.17, 15) is 4.79 Å². The summed E-state index contributed by atoms with van der Waals surface area (Å²) in [6.45, 7) is 9.22. The molecular weight excluding hydrogens is 418 g/mol. The van der Waals surface area contributed by atoms with Crippen molar-refractivity contribution < 1.29 is 9.53 Å². The first-order valence-corrected chi connectivity index (χ1v) is 11.8. The van der Waals surface area contributed by atoms with Gasteiger partial charge in [-0.05, 0) is 39.3 Å². The van der Waals surface area contributed by atoms with Gasteiger partial charge in [-0.2, -0.15) is 0 Å². The molecule has 2 unspecified atom stereocenters. The Balaban J connectivity index is 1.46. The molecular formula is C21H25N5O2S2. The van der Waals surface area contributed by atoms with Gasteiger partial charge in [0, 0.05) is 18.5 Å². The molecule has 0 saturated carbocycles. The van der Waals surface area contributed by atoms with Crippen molar-refractivity contribution in [2.45, 2.75) is 50.8 Å². The van der Waals surface area contributed by atoms with E-state index in [1.54, 1.807) is 11.8 Å². The topological polar surface area (TPSA) is 73.1 Å². The molecule has 2 aromatic heterocycles. The Bertz CT molecular complexity index is 1040. The number of aryl methyl sites for hydroxylation is 2. The number of carbonyl (C=O) groups is 1. The Morgan fingerprint density at radius 3 is 2.67 bits per heavy atom. The quantitative estimate of drug-likeness (QED) is 0.557. The molecule has 0 N–H and O–H groups in total. The maximum Gasteiger partial charge on any atom is 0.273 e. The fourth-order valence-electron chi connectivity index (χ4n) is 3.64. The van der Waals surface area contributed by atoms with Gasteiger partial charge in [0.25, 0.3) is 5.91 Å². The van der Waals surface area contributed by atoms with Crippen molar-refractivity contribution in [3.05, 3.63) is 51.7 Å². The van der Waals surface area contributed by atoms with E-state index in [1.165, 1.54) is 16.9 Å². The summed E-state index contributed by atoms with van der Waals surface area (Å²) in [5.41, 5.74) is 2.75. The van der Waals surface area contributed by atoms with Crippen LogP contribution in [0.3, 0.4) is 0 Å². The Morgan fingerprint density at radius 2 is 1.93 bits per heavy atom. The Hall–Kier alpha value is -2.23. The lowest BCUT2D eigenvalue weighted by Gasteiger charge is -2.34. The second-order valence-electron chi connectivity index (χ2n) is 7.53. The van der Waals surface area contributed by atoms with E-state index >= 15 is 0 Å². The van der Waals surface area contributed by atoms with E-state index < -0.39 is 0 Å². The molecule has 158 valence electrons. The number of hydrogen-bond donors (Lipinski definition) is 0. The Morgan fingerprint density at radius 1 is 1.20 bits per heavy atom. The van der Waals surface area contributed by atoms with Crippen LogP contribution in [0.5, 0.6) is 0 Å². The normalized spacial score (nSPS) is 19.3. The molecule has 1 fully saturated rings. The minimum atomic E-state index is -0.0246. The smallest absolute Gasteiger partial charge is 0.273 e. The standard InChI is InChI=1S/C21H25N5O2S2/c1-13-7-5-6-8-18(13)26-16(4)23-24-21(26)30-12-19-22-17(11-29-19)20(27)25-9-14(2)28-15(3)10-25/h5-8,11,14-15H,9-10,12H2,1-4H3. The molecule has 0 bridgehead atoms. The summed E-state index contributed by atoms with van der Waals surface area (Å²) in [5.74, 6) is 1.46. The van der Waals surface area contributed by atoms with Gasteiger partial charge in [0.05, 0.1) is 23.6 Å². The molecule has 1 amide bonds. The highest BCUT2D eigenvalue weighted by Gasteiger charge is 2.28. The summed E-state index contributed by atoms with van der Waals surface area (Å²) >= 11 is 3.08.